The van der Waals surface area contributed by atoms with Crippen molar-refractivity contribution in [2.45, 2.75) is 17.5 Å². The van der Waals surface area contributed by atoms with E-state index in [2.05, 4.69) is 4.57 Å². The molecule has 4 rings (SSSR count). The van der Waals surface area contributed by atoms with Crippen LogP contribution in [-0.4, -0.2) is 38.1 Å². The number of fused-ring (bicyclic) bond motifs is 1. The van der Waals surface area contributed by atoms with Crippen LogP contribution in [0.5, 0.6) is 11.5 Å². The molecule has 0 bridgehead atoms. The zero-order chi connectivity index (χ0) is 19.7. The lowest BCUT2D eigenvalue weighted by molar-refractivity contribution is 0.296. The first-order valence-electron chi connectivity index (χ1n) is 9.00. The molecule has 0 amide bonds. The number of ether oxygens (including phenoxy) is 2. The van der Waals surface area contributed by atoms with Gasteiger partial charge in [-0.15, -0.1) is 0 Å². The van der Waals surface area contributed by atoms with Gasteiger partial charge in [0.05, 0.1) is 20.3 Å². The van der Waals surface area contributed by atoms with Crippen LogP contribution in [0.2, 0.25) is 0 Å². The van der Waals surface area contributed by atoms with Gasteiger partial charge in [0.2, 0.25) is 10.0 Å². The largest absolute Gasteiger partial charge is 0.497 e. The molecule has 0 N–H and O–H groups in total. The standard InChI is InChI=1S/C21H22N2O4S/c1-26-17-10-11-19(27-2)20(15-17)28(24,25)23-14-13-22-12-6-9-18(22)21(23)16-7-4-3-5-8-16/h3-12,15,21H,13-14H2,1-2H3/t21-/m1/s1. The summed E-state index contributed by atoms with van der Waals surface area (Å²) in [5, 5.41) is 0. The van der Waals surface area contributed by atoms with Gasteiger partial charge in [0.1, 0.15) is 16.4 Å². The molecule has 0 spiro atoms. The van der Waals surface area contributed by atoms with Crippen LogP contribution in [0, 0.1) is 0 Å². The van der Waals surface area contributed by atoms with E-state index < -0.39 is 16.1 Å². The van der Waals surface area contributed by atoms with Crippen molar-refractivity contribution in [3.63, 3.8) is 0 Å². The third kappa shape index (κ3) is 3.06. The van der Waals surface area contributed by atoms with Crippen LogP contribution in [0.25, 0.3) is 0 Å². The van der Waals surface area contributed by atoms with Crippen molar-refractivity contribution in [3.05, 3.63) is 78.1 Å². The van der Waals surface area contributed by atoms with Crippen LogP contribution in [0.3, 0.4) is 0 Å². The highest BCUT2D eigenvalue weighted by molar-refractivity contribution is 7.89. The fraction of sp³-hybridized carbons (Fsp3) is 0.238. The molecule has 3 aromatic rings. The Morgan fingerprint density at radius 1 is 0.929 bits per heavy atom. The molecule has 0 saturated heterocycles. The summed E-state index contributed by atoms with van der Waals surface area (Å²) in [7, 11) is -0.859. The lowest BCUT2D eigenvalue weighted by Gasteiger charge is -2.36. The average Bonchev–Trinajstić information content (AvgIpc) is 3.22. The molecule has 146 valence electrons. The van der Waals surface area contributed by atoms with Crippen LogP contribution >= 0.6 is 0 Å². The number of hydrogen-bond acceptors (Lipinski definition) is 4. The molecule has 0 radical (unpaired) electrons. The Bertz CT molecular complexity index is 1080. The Hall–Kier alpha value is -2.77. The van der Waals surface area contributed by atoms with Crippen molar-refractivity contribution < 1.29 is 17.9 Å². The van der Waals surface area contributed by atoms with Crippen LogP contribution in [0.1, 0.15) is 17.3 Å². The van der Waals surface area contributed by atoms with E-state index >= 15 is 0 Å². The van der Waals surface area contributed by atoms with Crippen molar-refractivity contribution in [2.75, 3.05) is 20.8 Å². The van der Waals surface area contributed by atoms with Crippen molar-refractivity contribution in [2.24, 2.45) is 0 Å². The number of nitrogens with zero attached hydrogens (tertiary/aromatic N) is 2. The minimum absolute atomic E-state index is 0.107. The predicted molar refractivity (Wildman–Crippen MR) is 106 cm³/mol. The molecule has 0 unspecified atom stereocenters. The predicted octanol–water partition coefficient (Wildman–Crippen LogP) is 3.30. The van der Waals surface area contributed by atoms with Gasteiger partial charge >= 0.3 is 0 Å². The summed E-state index contributed by atoms with van der Waals surface area (Å²) >= 11 is 0. The number of methoxy groups -OCH3 is 2. The van der Waals surface area contributed by atoms with Crippen molar-refractivity contribution in [1.29, 1.82) is 0 Å². The lowest BCUT2D eigenvalue weighted by atomic mass is 10.0. The van der Waals surface area contributed by atoms with E-state index in [0.717, 1.165) is 11.3 Å². The van der Waals surface area contributed by atoms with E-state index in [-0.39, 0.29) is 4.90 Å². The first-order valence-corrected chi connectivity index (χ1v) is 10.4. The molecule has 0 aliphatic carbocycles. The van der Waals surface area contributed by atoms with Gasteiger partial charge in [-0.2, -0.15) is 4.31 Å². The summed E-state index contributed by atoms with van der Waals surface area (Å²) in [5.74, 6) is 0.768. The summed E-state index contributed by atoms with van der Waals surface area (Å²) < 4.78 is 41.7. The fourth-order valence-electron chi connectivity index (χ4n) is 3.71. The average molecular weight is 398 g/mol. The summed E-state index contributed by atoms with van der Waals surface area (Å²) in [5.41, 5.74) is 1.87. The number of benzene rings is 2. The Morgan fingerprint density at radius 3 is 2.43 bits per heavy atom. The first kappa shape index (κ1) is 18.6. The molecule has 2 aromatic carbocycles. The monoisotopic (exact) mass is 398 g/mol. The molecular weight excluding hydrogens is 376 g/mol. The second kappa shape index (κ2) is 7.33. The lowest BCUT2D eigenvalue weighted by Crippen LogP contribution is -2.42. The van der Waals surface area contributed by atoms with Gasteiger partial charge in [-0.1, -0.05) is 30.3 Å². The molecule has 1 aliphatic heterocycles. The topological polar surface area (TPSA) is 60.8 Å². The molecule has 2 heterocycles. The van der Waals surface area contributed by atoms with Gasteiger partial charge in [0.25, 0.3) is 0 Å². The van der Waals surface area contributed by atoms with Gasteiger partial charge in [-0.05, 0) is 29.8 Å². The van der Waals surface area contributed by atoms with Crippen LogP contribution in [0.4, 0.5) is 0 Å². The maximum absolute atomic E-state index is 13.7. The number of sulfonamides is 1. The SMILES string of the molecule is COc1ccc(OC)c(S(=O)(=O)N2CCn3cccc3[C@H]2c2ccccc2)c1. The molecule has 1 atom stereocenters. The maximum atomic E-state index is 13.7. The second-order valence-electron chi connectivity index (χ2n) is 6.57. The van der Waals surface area contributed by atoms with E-state index in [4.69, 9.17) is 9.47 Å². The summed E-state index contributed by atoms with van der Waals surface area (Å²) in [6.45, 7) is 0.959. The van der Waals surface area contributed by atoms with Gasteiger partial charge in [0.15, 0.2) is 0 Å². The molecule has 0 fully saturated rings. The Kier molecular flexibility index (Phi) is 4.87. The van der Waals surface area contributed by atoms with Crippen LogP contribution < -0.4 is 9.47 Å². The minimum atomic E-state index is -3.84. The molecule has 28 heavy (non-hydrogen) atoms. The quantitative estimate of drug-likeness (QED) is 0.662. The normalized spacial score (nSPS) is 17.1. The maximum Gasteiger partial charge on any atom is 0.247 e. The van der Waals surface area contributed by atoms with Gasteiger partial charge in [0, 0.05) is 31.0 Å². The zero-order valence-corrected chi connectivity index (χ0v) is 16.6. The zero-order valence-electron chi connectivity index (χ0n) is 15.8. The molecule has 0 saturated carbocycles. The number of aromatic nitrogens is 1. The van der Waals surface area contributed by atoms with Crippen LogP contribution in [0.15, 0.2) is 71.8 Å². The van der Waals surface area contributed by atoms with Gasteiger partial charge < -0.3 is 14.0 Å². The second-order valence-corrected chi connectivity index (χ2v) is 8.43. The third-order valence-corrected chi connectivity index (χ3v) is 6.95. The van der Waals surface area contributed by atoms with Crippen molar-refractivity contribution in [3.8, 4) is 11.5 Å². The summed E-state index contributed by atoms with van der Waals surface area (Å²) in [6.07, 6.45) is 1.99. The molecule has 7 heteroatoms. The van der Waals surface area contributed by atoms with E-state index in [0.29, 0.717) is 24.6 Å². The number of hydrogen-bond donors (Lipinski definition) is 0. The summed E-state index contributed by atoms with van der Waals surface area (Å²) in [4.78, 5) is 0.107. The Labute approximate surface area is 165 Å². The molecule has 1 aliphatic rings. The third-order valence-electron chi connectivity index (χ3n) is 5.07. The smallest absolute Gasteiger partial charge is 0.247 e. The highest BCUT2D eigenvalue weighted by atomic mass is 32.2. The van der Waals surface area contributed by atoms with Gasteiger partial charge in [-0.3, -0.25) is 0 Å². The van der Waals surface area contributed by atoms with E-state index in [9.17, 15) is 8.42 Å². The molecular formula is C21H22N2O4S. The first-order chi connectivity index (χ1) is 13.6. The van der Waals surface area contributed by atoms with E-state index in [1.54, 1.807) is 16.4 Å². The molecule has 6 nitrogen and oxygen atoms in total. The highest BCUT2D eigenvalue weighted by Gasteiger charge is 2.39. The van der Waals surface area contributed by atoms with Crippen molar-refractivity contribution in [1.82, 2.24) is 8.87 Å². The minimum Gasteiger partial charge on any atom is -0.497 e. The highest BCUT2D eigenvalue weighted by Crippen LogP contribution is 2.39. The van der Waals surface area contributed by atoms with Crippen LogP contribution in [-0.2, 0) is 16.6 Å². The Balaban J connectivity index is 1.87. The van der Waals surface area contributed by atoms with E-state index in [1.165, 1.54) is 20.3 Å². The summed E-state index contributed by atoms with van der Waals surface area (Å²) in [6, 6.07) is 18.0. The fourth-order valence-corrected chi connectivity index (χ4v) is 5.46. The molecule has 1 aromatic heterocycles. The van der Waals surface area contributed by atoms with Gasteiger partial charge in [-0.25, -0.2) is 8.42 Å². The van der Waals surface area contributed by atoms with E-state index in [1.807, 2.05) is 48.7 Å². The number of rotatable bonds is 5. The van der Waals surface area contributed by atoms with Crippen molar-refractivity contribution >= 4 is 10.0 Å². The Morgan fingerprint density at radius 2 is 1.71 bits per heavy atom.